The lowest BCUT2D eigenvalue weighted by atomic mass is 10.1. The van der Waals surface area contributed by atoms with Crippen molar-refractivity contribution >= 4 is 22.6 Å². The number of hydrogen-bond donors (Lipinski definition) is 2. The molecular formula is C20H13ClN4O3. The summed E-state index contributed by atoms with van der Waals surface area (Å²) in [6, 6.07) is 14.3. The molecule has 2 N–H and O–H groups in total. The van der Waals surface area contributed by atoms with Crippen LogP contribution in [-0.2, 0) is 0 Å². The zero-order valence-electron chi connectivity index (χ0n) is 14.6. The first kappa shape index (κ1) is 17.6. The summed E-state index contributed by atoms with van der Waals surface area (Å²) >= 11 is 6.33. The number of nitriles is 1. The molecule has 0 radical (unpaired) electrons. The first-order valence-electron chi connectivity index (χ1n) is 8.20. The lowest BCUT2D eigenvalue weighted by Crippen LogP contribution is -2.10. The second-order valence-corrected chi connectivity index (χ2v) is 6.37. The van der Waals surface area contributed by atoms with E-state index in [9.17, 15) is 9.90 Å². The molecule has 0 fully saturated rings. The van der Waals surface area contributed by atoms with Crippen LogP contribution < -0.4 is 10.3 Å². The van der Waals surface area contributed by atoms with E-state index in [0.29, 0.717) is 17.0 Å². The standard InChI is InChI=1S/C20H13ClN4O3/c1-28-13-6-7-15(23-10-13)11-2-4-12(5-3-11)25-17(21)8-16-18(25)19(26)14(9-22)20(27)24-16/h2-8,10H,1H3,(H2,24,26,27). The van der Waals surface area contributed by atoms with Crippen molar-refractivity contribution in [2.24, 2.45) is 0 Å². The van der Waals surface area contributed by atoms with Crippen LogP contribution in [0, 0.1) is 11.3 Å². The average molecular weight is 393 g/mol. The predicted molar refractivity (Wildman–Crippen MR) is 105 cm³/mol. The largest absolute Gasteiger partial charge is 0.504 e. The van der Waals surface area contributed by atoms with Gasteiger partial charge in [-0.15, -0.1) is 0 Å². The van der Waals surface area contributed by atoms with E-state index in [0.717, 1.165) is 11.3 Å². The summed E-state index contributed by atoms with van der Waals surface area (Å²) in [4.78, 5) is 18.8. The molecule has 3 heterocycles. The first-order valence-corrected chi connectivity index (χ1v) is 8.58. The van der Waals surface area contributed by atoms with Crippen molar-refractivity contribution in [3.05, 3.63) is 69.7 Å². The van der Waals surface area contributed by atoms with Crippen LogP contribution in [-0.4, -0.2) is 26.8 Å². The van der Waals surface area contributed by atoms with E-state index < -0.39 is 11.3 Å². The molecule has 0 aliphatic rings. The van der Waals surface area contributed by atoms with Gasteiger partial charge in [-0.25, -0.2) is 0 Å². The van der Waals surface area contributed by atoms with Gasteiger partial charge in [0.1, 0.15) is 22.5 Å². The van der Waals surface area contributed by atoms with E-state index in [-0.39, 0.29) is 16.2 Å². The number of ether oxygens (including phenoxy) is 1. The van der Waals surface area contributed by atoms with Crippen LogP contribution in [0.25, 0.3) is 28.0 Å². The van der Waals surface area contributed by atoms with E-state index in [1.807, 2.05) is 36.4 Å². The molecule has 8 heteroatoms. The van der Waals surface area contributed by atoms with Gasteiger partial charge in [-0.2, -0.15) is 5.26 Å². The lowest BCUT2D eigenvalue weighted by Gasteiger charge is -2.10. The number of benzene rings is 1. The summed E-state index contributed by atoms with van der Waals surface area (Å²) in [7, 11) is 1.58. The molecule has 0 bridgehead atoms. The third kappa shape index (κ3) is 2.76. The van der Waals surface area contributed by atoms with Crippen molar-refractivity contribution in [2.75, 3.05) is 7.11 Å². The monoisotopic (exact) mass is 392 g/mol. The fraction of sp³-hybridized carbons (Fsp3) is 0.0500. The zero-order chi connectivity index (χ0) is 19.8. The molecule has 1 aromatic carbocycles. The molecule has 28 heavy (non-hydrogen) atoms. The van der Waals surface area contributed by atoms with Gasteiger partial charge in [-0.05, 0) is 30.3 Å². The number of rotatable bonds is 3. The van der Waals surface area contributed by atoms with Gasteiger partial charge >= 0.3 is 0 Å². The van der Waals surface area contributed by atoms with Gasteiger partial charge in [0.05, 0.1) is 24.5 Å². The number of pyridine rings is 2. The van der Waals surface area contributed by atoms with Crippen LogP contribution >= 0.6 is 11.6 Å². The first-order chi connectivity index (χ1) is 13.5. The average Bonchev–Trinajstić information content (AvgIpc) is 3.04. The molecular weight excluding hydrogens is 380 g/mol. The van der Waals surface area contributed by atoms with E-state index in [2.05, 4.69) is 9.97 Å². The van der Waals surface area contributed by atoms with Crippen LogP contribution in [0.1, 0.15) is 5.56 Å². The number of nitrogens with zero attached hydrogens (tertiary/aromatic N) is 3. The second-order valence-electron chi connectivity index (χ2n) is 5.98. The van der Waals surface area contributed by atoms with Crippen molar-refractivity contribution in [3.63, 3.8) is 0 Å². The van der Waals surface area contributed by atoms with E-state index >= 15 is 0 Å². The lowest BCUT2D eigenvalue weighted by molar-refractivity contribution is 0.413. The maximum atomic E-state index is 11.9. The van der Waals surface area contributed by atoms with E-state index in [4.69, 9.17) is 21.6 Å². The van der Waals surface area contributed by atoms with Crippen LogP contribution in [0.3, 0.4) is 0 Å². The van der Waals surface area contributed by atoms with Crippen molar-refractivity contribution in [3.8, 4) is 34.5 Å². The summed E-state index contributed by atoms with van der Waals surface area (Å²) in [6.45, 7) is 0. The van der Waals surface area contributed by atoms with Gasteiger partial charge in [0, 0.05) is 11.3 Å². The van der Waals surface area contributed by atoms with Gasteiger partial charge < -0.3 is 14.8 Å². The second kappa shape index (κ2) is 6.76. The molecule has 0 aliphatic heterocycles. The quantitative estimate of drug-likeness (QED) is 0.554. The Bertz CT molecular complexity index is 1280. The summed E-state index contributed by atoms with van der Waals surface area (Å²) in [5.41, 5.74) is 1.89. The molecule has 0 atom stereocenters. The SMILES string of the molecule is COc1ccc(-c2ccc(-n3c(Cl)cc4[nH]c(=O)c(C#N)c(O)c43)cc2)nc1. The Hall–Kier alpha value is -3.76. The van der Waals surface area contributed by atoms with Gasteiger partial charge in [0.2, 0.25) is 0 Å². The highest BCUT2D eigenvalue weighted by molar-refractivity contribution is 6.31. The van der Waals surface area contributed by atoms with Crippen LogP contribution in [0.5, 0.6) is 11.5 Å². The summed E-state index contributed by atoms with van der Waals surface area (Å²) < 4.78 is 6.68. The maximum Gasteiger partial charge on any atom is 0.270 e. The number of aromatic nitrogens is 3. The maximum absolute atomic E-state index is 11.9. The Labute approximate surface area is 164 Å². The van der Waals surface area contributed by atoms with Crippen LogP contribution in [0.2, 0.25) is 5.15 Å². The molecule has 0 spiro atoms. The molecule has 7 nitrogen and oxygen atoms in total. The number of nitrogens with one attached hydrogen (secondary N) is 1. The topological polar surface area (TPSA) is 104 Å². The van der Waals surface area contributed by atoms with Crippen molar-refractivity contribution < 1.29 is 9.84 Å². The number of aromatic amines is 1. The number of aromatic hydroxyl groups is 1. The molecule has 3 aromatic heterocycles. The number of hydrogen-bond acceptors (Lipinski definition) is 5. The van der Waals surface area contributed by atoms with E-state index in [1.54, 1.807) is 23.9 Å². The molecule has 138 valence electrons. The third-order valence-electron chi connectivity index (χ3n) is 4.40. The smallest absolute Gasteiger partial charge is 0.270 e. The molecule has 0 amide bonds. The van der Waals surface area contributed by atoms with Crippen molar-refractivity contribution in [2.45, 2.75) is 0 Å². The van der Waals surface area contributed by atoms with Gasteiger partial charge in [0.15, 0.2) is 11.3 Å². The molecule has 0 saturated heterocycles. The Morgan fingerprint density at radius 2 is 2.00 bits per heavy atom. The van der Waals surface area contributed by atoms with Crippen LogP contribution in [0.15, 0.2) is 53.5 Å². The van der Waals surface area contributed by atoms with E-state index in [1.165, 1.54) is 6.07 Å². The van der Waals surface area contributed by atoms with Gasteiger partial charge in [0.25, 0.3) is 5.56 Å². The summed E-state index contributed by atoms with van der Waals surface area (Å²) in [6.07, 6.45) is 1.64. The minimum Gasteiger partial charge on any atom is -0.504 e. The fourth-order valence-corrected chi connectivity index (χ4v) is 3.32. The highest BCUT2D eigenvalue weighted by atomic mass is 35.5. The Kier molecular flexibility index (Phi) is 4.26. The molecule has 0 saturated carbocycles. The Morgan fingerprint density at radius 3 is 2.61 bits per heavy atom. The highest BCUT2D eigenvalue weighted by Crippen LogP contribution is 2.33. The van der Waals surface area contributed by atoms with Crippen molar-refractivity contribution in [1.29, 1.82) is 5.26 Å². The number of H-pyrrole nitrogens is 1. The highest BCUT2D eigenvalue weighted by Gasteiger charge is 2.19. The summed E-state index contributed by atoms with van der Waals surface area (Å²) in [5.74, 6) is 0.262. The predicted octanol–water partition coefficient (Wildman–Crippen LogP) is 3.62. The minimum atomic E-state index is -0.665. The van der Waals surface area contributed by atoms with Gasteiger partial charge in [-0.1, -0.05) is 23.7 Å². The summed E-state index contributed by atoms with van der Waals surface area (Å²) in [5, 5.41) is 19.8. The van der Waals surface area contributed by atoms with Crippen LogP contribution in [0.4, 0.5) is 0 Å². The third-order valence-corrected chi connectivity index (χ3v) is 4.68. The molecule has 0 unspecified atom stereocenters. The minimum absolute atomic E-state index is 0.261. The van der Waals surface area contributed by atoms with Crippen molar-refractivity contribution in [1.82, 2.24) is 14.5 Å². The normalized spacial score (nSPS) is 10.8. The Morgan fingerprint density at radius 1 is 1.25 bits per heavy atom. The molecule has 0 aliphatic carbocycles. The number of methoxy groups -OCH3 is 1. The molecule has 4 rings (SSSR count). The number of halogens is 1. The Balaban J connectivity index is 1.83. The molecule has 4 aromatic rings. The fourth-order valence-electron chi connectivity index (χ4n) is 3.03. The zero-order valence-corrected chi connectivity index (χ0v) is 15.4. The van der Waals surface area contributed by atoms with Gasteiger partial charge in [-0.3, -0.25) is 14.3 Å². The number of fused-ring (bicyclic) bond motifs is 1.